The van der Waals surface area contributed by atoms with E-state index in [-0.39, 0.29) is 0 Å². The number of aromatic nitrogens is 4. The van der Waals surface area contributed by atoms with Crippen LogP contribution in [0.15, 0.2) is 18.3 Å². The van der Waals surface area contributed by atoms with Gasteiger partial charge in [-0.2, -0.15) is 5.10 Å². The number of hydrogen-bond acceptors (Lipinski definition) is 5. The highest BCUT2D eigenvalue weighted by Crippen LogP contribution is 2.12. The Hall–Kier alpha value is -1.66. The fourth-order valence-electron chi connectivity index (χ4n) is 1.66. The Morgan fingerprint density at radius 2 is 2.26 bits per heavy atom. The third kappa shape index (κ3) is 4.18. The molecule has 1 N–H and O–H groups in total. The normalized spacial score (nSPS) is 10.7. The smallest absolute Gasteiger partial charge is 0.158 e. The van der Waals surface area contributed by atoms with Crippen LogP contribution in [0, 0.1) is 0 Å². The lowest BCUT2D eigenvalue weighted by atomic mass is 10.3. The van der Waals surface area contributed by atoms with Crippen LogP contribution in [0.25, 0.3) is 0 Å². The van der Waals surface area contributed by atoms with Crippen molar-refractivity contribution in [2.24, 2.45) is 7.05 Å². The van der Waals surface area contributed by atoms with Gasteiger partial charge in [0.15, 0.2) is 5.82 Å². The van der Waals surface area contributed by atoms with E-state index >= 15 is 0 Å². The number of halogens is 1. The van der Waals surface area contributed by atoms with Crippen LogP contribution in [0.4, 0.5) is 5.82 Å². The van der Waals surface area contributed by atoms with Gasteiger partial charge in [0.25, 0.3) is 0 Å². The van der Waals surface area contributed by atoms with Gasteiger partial charge in [0.1, 0.15) is 17.6 Å². The van der Waals surface area contributed by atoms with Crippen molar-refractivity contribution < 1.29 is 4.74 Å². The molecular formula is C12H16ClN5O. The minimum Gasteiger partial charge on any atom is -0.377 e. The number of anilines is 1. The molecule has 0 atom stereocenters. The Morgan fingerprint density at radius 1 is 1.42 bits per heavy atom. The molecular weight excluding hydrogens is 266 g/mol. The molecule has 0 aliphatic heterocycles. The van der Waals surface area contributed by atoms with E-state index in [1.54, 1.807) is 17.9 Å². The van der Waals surface area contributed by atoms with Gasteiger partial charge in [-0.15, -0.1) is 0 Å². The predicted octanol–water partition coefficient (Wildman–Crippen LogP) is 1.66. The Bertz CT molecular complexity index is 543. The van der Waals surface area contributed by atoms with Crippen molar-refractivity contribution in [3.8, 4) is 0 Å². The maximum absolute atomic E-state index is 5.92. The minimum atomic E-state index is 0.343. The van der Waals surface area contributed by atoms with E-state index in [1.165, 1.54) is 0 Å². The summed E-state index contributed by atoms with van der Waals surface area (Å²) in [6.07, 6.45) is 2.75. The zero-order valence-corrected chi connectivity index (χ0v) is 11.7. The molecule has 0 amide bonds. The molecule has 0 fully saturated rings. The molecule has 0 aliphatic rings. The van der Waals surface area contributed by atoms with Crippen molar-refractivity contribution in [3.05, 3.63) is 35.0 Å². The molecule has 2 heterocycles. The topological polar surface area (TPSA) is 64.9 Å². The molecule has 2 rings (SSSR count). The second-order valence-corrected chi connectivity index (χ2v) is 4.47. The Labute approximate surface area is 116 Å². The van der Waals surface area contributed by atoms with Crippen molar-refractivity contribution in [1.29, 1.82) is 0 Å². The maximum Gasteiger partial charge on any atom is 0.158 e. The minimum absolute atomic E-state index is 0.343. The summed E-state index contributed by atoms with van der Waals surface area (Å²) < 4.78 is 6.78. The van der Waals surface area contributed by atoms with Crippen LogP contribution in [0.1, 0.15) is 11.5 Å². The molecule has 2 aromatic rings. The van der Waals surface area contributed by atoms with Gasteiger partial charge < -0.3 is 10.1 Å². The zero-order valence-electron chi connectivity index (χ0n) is 10.9. The first-order valence-corrected chi connectivity index (χ1v) is 6.30. The second-order valence-electron chi connectivity index (χ2n) is 4.08. The summed E-state index contributed by atoms with van der Waals surface area (Å²) in [7, 11) is 3.50. The molecule has 102 valence electrons. The molecule has 0 aromatic carbocycles. The number of nitrogens with zero attached hydrogens (tertiary/aromatic N) is 4. The molecule has 19 heavy (non-hydrogen) atoms. The van der Waals surface area contributed by atoms with Crippen molar-refractivity contribution in [3.63, 3.8) is 0 Å². The highest BCUT2D eigenvalue weighted by atomic mass is 35.5. The number of aryl methyl sites for hydroxylation is 1. The summed E-state index contributed by atoms with van der Waals surface area (Å²) in [5.41, 5.74) is 1.03. The first-order valence-electron chi connectivity index (χ1n) is 5.92. The fourth-order valence-corrected chi connectivity index (χ4v) is 1.86. The lowest BCUT2D eigenvalue weighted by Gasteiger charge is -2.06. The van der Waals surface area contributed by atoms with E-state index < -0.39 is 0 Å². The van der Waals surface area contributed by atoms with Gasteiger partial charge in [-0.25, -0.2) is 9.97 Å². The van der Waals surface area contributed by atoms with Crippen molar-refractivity contribution >= 4 is 17.4 Å². The Balaban J connectivity index is 1.91. The van der Waals surface area contributed by atoms with Gasteiger partial charge in [-0.3, -0.25) is 4.68 Å². The van der Waals surface area contributed by atoms with Crippen LogP contribution >= 0.6 is 11.6 Å². The van der Waals surface area contributed by atoms with Gasteiger partial charge in [-0.05, 0) is 6.07 Å². The largest absolute Gasteiger partial charge is 0.377 e. The molecule has 0 spiro atoms. The average molecular weight is 282 g/mol. The number of nitrogens with one attached hydrogen (secondary N) is 1. The van der Waals surface area contributed by atoms with Gasteiger partial charge >= 0.3 is 0 Å². The summed E-state index contributed by atoms with van der Waals surface area (Å²) in [6, 6.07) is 3.68. The van der Waals surface area contributed by atoms with Gasteiger partial charge in [0.05, 0.1) is 5.69 Å². The van der Waals surface area contributed by atoms with E-state index in [4.69, 9.17) is 16.3 Å². The summed E-state index contributed by atoms with van der Waals surface area (Å²) in [4.78, 5) is 8.37. The molecule has 0 radical (unpaired) electrons. The van der Waals surface area contributed by atoms with Crippen molar-refractivity contribution in [1.82, 2.24) is 19.7 Å². The summed E-state index contributed by atoms with van der Waals surface area (Å²) >= 11 is 5.92. The van der Waals surface area contributed by atoms with E-state index in [1.807, 2.05) is 19.3 Å². The van der Waals surface area contributed by atoms with Crippen LogP contribution < -0.4 is 5.32 Å². The molecule has 6 nitrogen and oxygen atoms in total. The first-order chi connectivity index (χ1) is 9.17. The van der Waals surface area contributed by atoms with Gasteiger partial charge in [0.2, 0.25) is 0 Å². The number of hydrogen-bond donors (Lipinski definition) is 1. The van der Waals surface area contributed by atoms with E-state index in [0.29, 0.717) is 23.4 Å². The predicted molar refractivity (Wildman–Crippen MR) is 73.2 cm³/mol. The quantitative estimate of drug-likeness (QED) is 0.816. The van der Waals surface area contributed by atoms with Crippen molar-refractivity contribution in [2.75, 3.05) is 19.0 Å². The highest BCUT2D eigenvalue weighted by Gasteiger charge is 2.03. The molecule has 0 saturated heterocycles. The van der Waals surface area contributed by atoms with E-state index in [9.17, 15) is 0 Å². The summed E-state index contributed by atoms with van der Waals surface area (Å²) in [5, 5.41) is 7.91. The summed E-state index contributed by atoms with van der Waals surface area (Å²) in [6.45, 7) is 1.08. The Morgan fingerprint density at radius 3 is 2.95 bits per heavy atom. The third-order valence-corrected chi connectivity index (χ3v) is 2.66. The number of methoxy groups -OCH3 is 1. The fraction of sp³-hybridized carbons (Fsp3) is 0.417. The molecule has 7 heteroatoms. The highest BCUT2D eigenvalue weighted by molar-refractivity contribution is 6.29. The van der Waals surface area contributed by atoms with Crippen LogP contribution in [-0.4, -0.2) is 33.4 Å². The number of rotatable bonds is 6. The zero-order chi connectivity index (χ0) is 13.7. The van der Waals surface area contributed by atoms with E-state index in [2.05, 4.69) is 20.4 Å². The molecule has 0 aliphatic carbocycles. The standard InChI is InChI=1S/C12H16ClN5O/c1-18-6-4-9(17-18)3-5-14-11-7-10(13)15-12(16-11)8-19-2/h4,6-7H,3,5,8H2,1-2H3,(H,14,15,16). The van der Waals surface area contributed by atoms with Crippen LogP contribution in [0.2, 0.25) is 5.15 Å². The van der Waals surface area contributed by atoms with Crippen LogP contribution in [0.3, 0.4) is 0 Å². The monoisotopic (exact) mass is 281 g/mol. The van der Waals surface area contributed by atoms with Crippen molar-refractivity contribution in [2.45, 2.75) is 13.0 Å². The average Bonchev–Trinajstić information content (AvgIpc) is 2.75. The first kappa shape index (κ1) is 13.8. The van der Waals surface area contributed by atoms with E-state index in [0.717, 1.165) is 18.7 Å². The molecule has 0 bridgehead atoms. The molecule has 2 aromatic heterocycles. The third-order valence-electron chi connectivity index (χ3n) is 2.47. The SMILES string of the molecule is COCc1nc(Cl)cc(NCCc2ccn(C)n2)n1. The van der Waals surface area contributed by atoms with Gasteiger partial charge in [0, 0.05) is 39.4 Å². The van der Waals surface area contributed by atoms with Crippen LogP contribution in [0.5, 0.6) is 0 Å². The molecule has 0 saturated carbocycles. The lowest BCUT2D eigenvalue weighted by Crippen LogP contribution is -2.09. The summed E-state index contributed by atoms with van der Waals surface area (Å²) in [5.74, 6) is 1.26. The van der Waals surface area contributed by atoms with Gasteiger partial charge in [-0.1, -0.05) is 11.6 Å². The van der Waals surface area contributed by atoms with Crippen LogP contribution in [-0.2, 0) is 24.8 Å². The number of ether oxygens (including phenoxy) is 1. The Kier molecular flexibility index (Phi) is 4.70. The lowest BCUT2D eigenvalue weighted by molar-refractivity contribution is 0.178. The molecule has 0 unspecified atom stereocenters. The maximum atomic E-state index is 5.92. The second kappa shape index (κ2) is 6.49.